The summed E-state index contributed by atoms with van der Waals surface area (Å²) in [6.07, 6.45) is -1.77. The highest BCUT2D eigenvalue weighted by atomic mass is 32.2. The van der Waals surface area contributed by atoms with Crippen LogP contribution in [0.1, 0.15) is 22.3 Å². The first-order valence-corrected chi connectivity index (χ1v) is 8.57. The number of hydrogen-bond acceptors (Lipinski definition) is 3. The van der Waals surface area contributed by atoms with Gasteiger partial charge < -0.3 is 4.74 Å². The van der Waals surface area contributed by atoms with Crippen LogP contribution in [0.25, 0.3) is 6.08 Å². The Balaban J connectivity index is 1.79. The van der Waals surface area contributed by atoms with Gasteiger partial charge in [0, 0.05) is 21.8 Å². The summed E-state index contributed by atoms with van der Waals surface area (Å²) >= 11 is 1.51. The molecule has 0 saturated carbocycles. The average molecular weight is 364 g/mol. The predicted molar refractivity (Wildman–Crippen MR) is 91.7 cm³/mol. The van der Waals surface area contributed by atoms with Gasteiger partial charge in [0.25, 0.3) is 0 Å². The fourth-order valence-corrected chi connectivity index (χ4v) is 3.53. The van der Waals surface area contributed by atoms with E-state index < -0.39 is 11.7 Å². The molecule has 0 spiro atoms. The van der Waals surface area contributed by atoms with Crippen molar-refractivity contribution in [1.29, 1.82) is 0 Å². The minimum absolute atomic E-state index is 0.103. The number of alkyl halides is 3. The second kappa shape index (κ2) is 6.96. The van der Waals surface area contributed by atoms with E-state index in [-0.39, 0.29) is 12.2 Å². The summed E-state index contributed by atoms with van der Waals surface area (Å²) in [5.41, 5.74) is 1.61. The normalized spacial score (nSPS) is 13.8. The first-order chi connectivity index (χ1) is 11.9. The van der Waals surface area contributed by atoms with E-state index >= 15 is 0 Å². The van der Waals surface area contributed by atoms with Crippen molar-refractivity contribution in [3.63, 3.8) is 0 Å². The van der Waals surface area contributed by atoms with E-state index in [0.717, 1.165) is 22.8 Å². The molecule has 0 saturated heterocycles. The number of thioether (sulfide) groups is 1. The maximum absolute atomic E-state index is 13.2. The fourth-order valence-electron chi connectivity index (χ4n) is 2.56. The minimum Gasteiger partial charge on any atom is -0.489 e. The van der Waals surface area contributed by atoms with E-state index in [9.17, 15) is 18.0 Å². The molecule has 0 bridgehead atoms. The molecule has 1 aliphatic heterocycles. The lowest BCUT2D eigenvalue weighted by Crippen LogP contribution is -2.11. The Morgan fingerprint density at radius 3 is 2.72 bits per heavy atom. The van der Waals surface area contributed by atoms with E-state index in [1.165, 1.54) is 17.8 Å². The largest absolute Gasteiger partial charge is 0.489 e. The Bertz CT molecular complexity index is 841. The number of ether oxygens (including phenoxy) is 1. The highest BCUT2D eigenvalue weighted by Gasteiger charge is 2.33. The van der Waals surface area contributed by atoms with Crippen LogP contribution in [-0.2, 0) is 17.6 Å². The smallest absolute Gasteiger partial charge is 0.416 e. The maximum atomic E-state index is 13.2. The van der Waals surface area contributed by atoms with Crippen LogP contribution in [0.3, 0.4) is 0 Å². The third-order valence-electron chi connectivity index (χ3n) is 3.84. The Kier molecular flexibility index (Phi) is 4.90. The van der Waals surface area contributed by atoms with Gasteiger partial charge in [-0.05, 0) is 36.8 Å². The number of rotatable bonds is 4. The van der Waals surface area contributed by atoms with Crippen molar-refractivity contribution in [1.82, 2.24) is 0 Å². The van der Waals surface area contributed by atoms with Crippen molar-refractivity contribution in [2.75, 3.05) is 5.75 Å². The van der Waals surface area contributed by atoms with Gasteiger partial charge in [0.05, 0.1) is 5.56 Å². The van der Waals surface area contributed by atoms with Crippen molar-refractivity contribution in [3.8, 4) is 5.75 Å². The first kappa shape index (κ1) is 17.6. The Morgan fingerprint density at radius 2 is 2.00 bits per heavy atom. The molecule has 0 N–H and O–H groups in total. The number of aryl methyl sites for hydroxylation is 1. The lowest BCUT2D eigenvalue weighted by molar-refractivity contribution is -0.138. The van der Waals surface area contributed by atoms with Crippen LogP contribution in [0, 0.1) is 6.92 Å². The summed E-state index contributed by atoms with van der Waals surface area (Å²) in [5, 5.41) is 0. The molecule has 0 atom stereocenters. The molecule has 6 heteroatoms. The molecule has 25 heavy (non-hydrogen) atoms. The second-order valence-electron chi connectivity index (χ2n) is 5.77. The molecular weight excluding hydrogens is 349 g/mol. The molecule has 2 aromatic rings. The summed E-state index contributed by atoms with van der Waals surface area (Å²) in [6.45, 7) is 1.47. The number of fused-ring (bicyclic) bond motifs is 1. The number of halogens is 3. The van der Waals surface area contributed by atoms with Gasteiger partial charge in [-0.15, -0.1) is 11.8 Å². The fraction of sp³-hybridized carbons (Fsp3) is 0.211. The summed E-state index contributed by atoms with van der Waals surface area (Å²) in [4.78, 5) is 11.8. The molecule has 0 amide bonds. The van der Waals surface area contributed by atoms with Gasteiger partial charge in [-0.1, -0.05) is 23.8 Å². The topological polar surface area (TPSA) is 26.3 Å². The van der Waals surface area contributed by atoms with Gasteiger partial charge in [-0.3, -0.25) is 4.79 Å². The number of carbonyl (C=O) groups is 1. The zero-order chi connectivity index (χ0) is 18.0. The van der Waals surface area contributed by atoms with Crippen LogP contribution < -0.4 is 4.74 Å². The molecule has 0 radical (unpaired) electrons. The molecule has 1 aliphatic rings. The molecule has 0 unspecified atom stereocenters. The first-order valence-electron chi connectivity index (χ1n) is 7.59. The zero-order valence-corrected chi connectivity index (χ0v) is 14.2. The highest BCUT2D eigenvalue weighted by molar-refractivity contribution is 7.99. The summed E-state index contributed by atoms with van der Waals surface area (Å²) in [7, 11) is 0. The Morgan fingerprint density at radius 1 is 1.20 bits per heavy atom. The molecule has 130 valence electrons. The van der Waals surface area contributed by atoms with E-state index in [2.05, 4.69) is 0 Å². The molecule has 3 rings (SSSR count). The SMILES string of the molecule is Cc1ccc(COc2ccc3c(c2)SCC(C=O)=C3)c(C(F)(F)F)c1. The third-order valence-corrected chi connectivity index (χ3v) is 4.98. The summed E-state index contributed by atoms with van der Waals surface area (Å²) in [6, 6.07) is 9.52. The molecule has 2 aromatic carbocycles. The molecule has 2 nitrogen and oxygen atoms in total. The van der Waals surface area contributed by atoms with Crippen molar-refractivity contribution < 1.29 is 22.7 Å². The van der Waals surface area contributed by atoms with Gasteiger partial charge in [0.1, 0.15) is 18.6 Å². The standard InChI is InChI=1S/C19H15F3O2S/c1-12-2-3-15(17(6-12)19(20,21)22)10-24-16-5-4-14-7-13(9-23)11-25-18(14)8-16/h2-9H,10-11H2,1H3. The quantitative estimate of drug-likeness (QED) is 0.691. The highest BCUT2D eigenvalue weighted by Crippen LogP contribution is 2.35. The molecule has 0 aromatic heterocycles. The number of carbonyl (C=O) groups excluding carboxylic acids is 1. The van der Waals surface area contributed by atoms with Crippen LogP contribution in [-0.4, -0.2) is 12.0 Å². The maximum Gasteiger partial charge on any atom is 0.416 e. The lowest BCUT2D eigenvalue weighted by Gasteiger charge is -2.16. The molecular formula is C19H15F3O2S. The van der Waals surface area contributed by atoms with Crippen molar-refractivity contribution in [3.05, 3.63) is 64.2 Å². The van der Waals surface area contributed by atoms with Crippen molar-refractivity contribution >= 4 is 24.1 Å². The van der Waals surface area contributed by atoms with Crippen LogP contribution in [0.5, 0.6) is 5.75 Å². The van der Waals surface area contributed by atoms with Crippen LogP contribution in [0.4, 0.5) is 13.2 Å². The van der Waals surface area contributed by atoms with Crippen molar-refractivity contribution in [2.45, 2.75) is 24.6 Å². The Labute approximate surface area is 147 Å². The summed E-state index contributed by atoms with van der Waals surface area (Å²) < 4.78 is 45.1. The predicted octanol–water partition coefficient (Wildman–Crippen LogP) is 5.28. The average Bonchev–Trinajstić information content (AvgIpc) is 2.59. The van der Waals surface area contributed by atoms with E-state index in [1.807, 2.05) is 6.08 Å². The number of aldehydes is 1. The van der Waals surface area contributed by atoms with Crippen LogP contribution in [0.2, 0.25) is 0 Å². The third kappa shape index (κ3) is 4.07. The van der Waals surface area contributed by atoms with E-state index in [1.54, 1.807) is 31.2 Å². The molecule has 1 heterocycles. The molecule has 0 fully saturated rings. The van der Waals surface area contributed by atoms with E-state index in [4.69, 9.17) is 4.74 Å². The molecule has 0 aliphatic carbocycles. The van der Waals surface area contributed by atoms with Gasteiger partial charge in [0.2, 0.25) is 0 Å². The van der Waals surface area contributed by atoms with E-state index in [0.29, 0.717) is 22.6 Å². The lowest BCUT2D eigenvalue weighted by atomic mass is 10.0. The monoisotopic (exact) mass is 364 g/mol. The summed E-state index contributed by atoms with van der Waals surface area (Å²) in [5.74, 6) is 1.08. The second-order valence-corrected chi connectivity index (χ2v) is 6.79. The van der Waals surface area contributed by atoms with Gasteiger partial charge in [0.15, 0.2) is 0 Å². The van der Waals surface area contributed by atoms with Gasteiger partial charge in [-0.2, -0.15) is 13.2 Å². The number of hydrogen-bond donors (Lipinski definition) is 0. The van der Waals surface area contributed by atoms with Crippen molar-refractivity contribution in [2.24, 2.45) is 0 Å². The van der Waals surface area contributed by atoms with Gasteiger partial charge >= 0.3 is 6.18 Å². The van der Waals surface area contributed by atoms with Crippen LogP contribution >= 0.6 is 11.8 Å². The number of benzene rings is 2. The van der Waals surface area contributed by atoms with Gasteiger partial charge in [-0.25, -0.2) is 0 Å². The zero-order valence-electron chi connectivity index (χ0n) is 13.4. The van der Waals surface area contributed by atoms with Crippen LogP contribution in [0.15, 0.2) is 46.9 Å². The minimum atomic E-state index is -4.41. The Hall–Kier alpha value is -2.21.